The molecule has 0 bridgehead atoms. The molecule has 1 aromatic carbocycles. The fraction of sp³-hybridized carbons (Fsp3) is 0.381. The van der Waals surface area contributed by atoms with E-state index in [4.69, 9.17) is 9.47 Å². The summed E-state index contributed by atoms with van der Waals surface area (Å²) < 4.78 is 13.4. The van der Waals surface area contributed by atoms with Crippen molar-refractivity contribution in [3.63, 3.8) is 0 Å². The second kappa shape index (κ2) is 7.98. The molecule has 3 aromatic rings. The normalized spacial score (nSPS) is 22.0. The molecule has 1 fully saturated rings. The molecule has 0 saturated carbocycles. The first-order valence-corrected chi connectivity index (χ1v) is 9.57. The Kier molecular flexibility index (Phi) is 5.25. The van der Waals surface area contributed by atoms with E-state index < -0.39 is 0 Å². The molecule has 4 rings (SSSR count). The number of rotatable bonds is 5. The van der Waals surface area contributed by atoms with Crippen LogP contribution in [0, 0.1) is 0 Å². The van der Waals surface area contributed by atoms with Crippen molar-refractivity contribution in [2.24, 2.45) is 0 Å². The van der Waals surface area contributed by atoms with Crippen molar-refractivity contribution in [1.82, 2.24) is 25.3 Å². The van der Waals surface area contributed by atoms with Gasteiger partial charge in [-0.05, 0) is 51.0 Å². The Balaban J connectivity index is 1.52. The lowest BCUT2D eigenvalue weighted by Gasteiger charge is -2.32. The van der Waals surface area contributed by atoms with Gasteiger partial charge in [0.05, 0.1) is 18.5 Å². The highest BCUT2D eigenvalue weighted by Gasteiger charge is 2.25. The van der Waals surface area contributed by atoms with Gasteiger partial charge in [0.15, 0.2) is 0 Å². The third kappa shape index (κ3) is 3.99. The van der Waals surface area contributed by atoms with Gasteiger partial charge in [-0.1, -0.05) is 0 Å². The fourth-order valence-corrected chi connectivity index (χ4v) is 3.76. The van der Waals surface area contributed by atoms with E-state index in [0.717, 1.165) is 35.5 Å². The summed E-state index contributed by atoms with van der Waals surface area (Å²) in [6, 6.07) is 12.4. The number of nitrogens with one attached hydrogen (secondary N) is 1. The topological polar surface area (TPSA) is 74.1 Å². The lowest BCUT2D eigenvalue weighted by atomic mass is 9.98. The van der Waals surface area contributed by atoms with Gasteiger partial charge in [0.2, 0.25) is 5.88 Å². The quantitative estimate of drug-likeness (QED) is 0.734. The van der Waals surface area contributed by atoms with Gasteiger partial charge in [-0.2, -0.15) is 5.10 Å². The number of aromatic nitrogens is 4. The summed E-state index contributed by atoms with van der Waals surface area (Å²) >= 11 is 0. The van der Waals surface area contributed by atoms with Crippen molar-refractivity contribution in [2.45, 2.75) is 44.9 Å². The van der Waals surface area contributed by atoms with Crippen LogP contribution in [0.2, 0.25) is 0 Å². The standard InChI is InChI=1S/C21H25N5O2/c1-14-11-17(12-15(2)23-14)28-21-8-7-19(24-25-21)18-6-5-16(13-20(18)27-3)26-10-4-9-22-26/h4-10,13-15,17,23H,11-12H2,1-3H3. The molecule has 0 amide bonds. The summed E-state index contributed by atoms with van der Waals surface area (Å²) in [5, 5.41) is 16.4. The maximum absolute atomic E-state index is 6.06. The third-order valence-corrected chi connectivity index (χ3v) is 4.96. The lowest BCUT2D eigenvalue weighted by Crippen LogP contribution is -2.46. The predicted octanol–water partition coefficient (Wildman–Crippen LogP) is 3.25. The Morgan fingerprint density at radius 3 is 2.54 bits per heavy atom. The van der Waals surface area contributed by atoms with E-state index >= 15 is 0 Å². The molecule has 28 heavy (non-hydrogen) atoms. The fourth-order valence-electron chi connectivity index (χ4n) is 3.76. The second-order valence-electron chi connectivity index (χ2n) is 7.27. The summed E-state index contributed by atoms with van der Waals surface area (Å²) in [6.07, 6.45) is 5.74. The Labute approximate surface area is 164 Å². The maximum atomic E-state index is 6.06. The van der Waals surface area contributed by atoms with Crippen LogP contribution in [0.15, 0.2) is 48.8 Å². The van der Waals surface area contributed by atoms with Crippen LogP contribution in [0.3, 0.4) is 0 Å². The van der Waals surface area contributed by atoms with Gasteiger partial charge >= 0.3 is 0 Å². The molecule has 0 spiro atoms. The summed E-state index contributed by atoms with van der Waals surface area (Å²) in [6.45, 7) is 4.36. The van der Waals surface area contributed by atoms with Crippen molar-refractivity contribution in [1.29, 1.82) is 0 Å². The Bertz CT molecular complexity index is 901. The van der Waals surface area contributed by atoms with Crippen LogP contribution in [-0.2, 0) is 0 Å². The first-order chi connectivity index (χ1) is 13.6. The molecule has 2 aromatic heterocycles. The highest BCUT2D eigenvalue weighted by molar-refractivity contribution is 5.69. The van der Waals surface area contributed by atoms with E-state index in [2.05, 4.69) is 34.5 Å². The summed E-state index contributed by atoms with van der Waals surface area (Å²) in [5.41, 5.74) is 2.54. The van der Waals surface area contributed by atoms with E-state index in [9.17, 15) is 0 Å². The smallest absolute Gasteiger partial charge is 0.233 e. The number of benzene rings is 1. The second-order valence-corrected chi connectivity index (χ2v) is 7.27. The number of piperidine rings is 1. The lowest BCUT2D eigenvalue weighted by molar-refractivity contribution is 0.117. The van der Waals surface area contributed by atoms with E-state index in [1.165, 1.54) is 0 Å². The van der Waals surface area contributed by atoms with E-state index in [1.807, 2.05) is 42.6 Å². The van der Waals surface area contributed by atoms with Gasteiger partial charge in [-0.15, -0.1) is 10.2 Å². The van der Waals surface area contributed by atoms with E-state index in [1.54, 1.807) is 18.0 Å². The Morgan fingerprint density at radius 2 is 1.89 bits per heavy atom. The molecule has 2 atom stereocenters. The maximum Gasteiger partial charge on any atom is 0.233 e. The molecule has 0 aliphatic carbocycles. The van der Waals surface area contributed by atoms with Gasteiger partial charge in [-0.3, -0.25) is 0 Å². The third-order valence-electron chi connectivity index (χ3n) is 4.96. The Hall–Kier alpha value is -2.93. The largest absolute Gasteiger partial charge is 0.496 e. The summed E-state index contributed by atoms with van der Waals surface area (Å²) in [5.74, 6) is 1.28. The van der Waals surface area contributed by atoms with Crippen molar-refractivity contribution in [3.8, 4) is 28.6 Å². The first-order valence-electron chi connectivity index (χ1n) is 9.57. The molecule has 2 unspecified atom stereocenters. The number of nitrogens with zero attached hydrogens (tertiary/aromatic N) is 4. The van der Waals surface area contributed by atoms with Gasteiger partial charge in [0.25, 0.3) is 0 Å². The highest BCUT2D eigenvalue weighted by Crippen LogP contribution is 2.31. The number of methoxy groups -OCH3 is 1. The monoisotopic (exact) mass is 379 g/mol. The van der Waals surface area contributed by atoms with Crippen LogP contribution in [0.25, 0.3) is 16.9 Å². The van der Waals surface area contributed by atoms with Crippen molar-refractivity contribution < 1.29 is 9.47 Å². The number of hydrogen-bond donors (Lipinski definition) is 1. The molecule has 1 saturated heterocycles. The summed E-state index contributed by atoms with van der Waals surface area (Å²) in [7, 11) is 1.65. The van der Waals surface area contributed by atoms with E-state index in [0.29, 0.717) is 18.0 Å². The van der Waals surface area contributed by atoms with Crippen LogP contribution in [-0.4, -0.2) is 45.3 Å². The van der Waals surface area contributed by atoms with Gasteiger partial charge in [0, 0.05) is 42.2 Å². The van der Waals surface area contributed by atoms with Crippen LogP contribution in [0.1, 0.15) is 26.7 Å². The molecule has 3 heterocycles. The van der Waals surface area contributed by atoms with Crippen molar-refractivity contribution >= 4 is 0 Å². The number of hydrogen-bond acceptors (Lipinski definition) is 6. The van der Waals surface area contributed by atoms with Crippen molar-refractivity contribution in [3.05, 3.63) is 48.8 Å². The predicted molar refractivity (Wildman–Crippen MR) is 107 cm³/mol. The molecular weight excluding hydrogens is 354 g/mol. The molecule has 1 aliphatic heterocycles. The Morgan fingerprint density at radius 1 is 1.07 bits per heavy atom. The van der Waals surface area contributed by atoms with Crippen LogP contribution >= 0.6 is 0 Å². The SMILES string of the molecule is COc1cc(-n2cccn2)ccc1-c1ccc(OC2CC(C)NC(C)C2)nn1. The van der Waals surface area contributed by atoms with Crippen LogP contribution in [0.4, 0.5) is 0 Å². The summed E-state index contributed by atoms with van der Waals surface area (Å²) in [4.78, 5) is 0. The highest BCUT2D eigenvalue weighted by atomic mass is 16.5. The first kappa shape index (κ1) is 18.4. The molecule has 146 valence electrons. The van der Waals surface area contributed by atoms with Crippen molar-refractivity contribution in [2.75, 3.05) is 7.11 Å². The molecule has 7 nitrogen and oxygen atoms in total. The van der Waals surface area contributed by atoms with Crippen LogP contribution in [0.5, 0.6) is 11.6 Å². The van der Waals surface area contributed by atoms with E-state index in [-0.39, 0.29) is 6.10 Å². The molecular formula is C21H25N5O2. The minimum absolute atomic E-state index is 0.161. The molecule has 7 heteroatoms. The van der Waals surface area contributed by atoms with Gasteiger partial charge < -0.3 is 14.8 Å². The average Bonchev–Trinajstić information content (AvgIpc) is 3.22. The molecule has 0 radical (unpaired) electrons. The zero-order chi connectivity index (χ0) is 19.5. The minimum Gasteiger partial charge on any atom is -0.496 e. The minimum atomic E-state index is 0.161. The zero-order valence-corrected chi connectivity index (χ0v) is 16.4. The molecule has 1 aliphatic rings. The average molecular weight is 379 g/mol. The molecule has 1 N–H and O–H groups in total. The zero-order valence-electron chi connectivity index (χ0n) is 16.4. The van der Waals surface area contributed by atoms with Gasteiger partial charge in [0.1, 0.15) is 11.9 Å². The van der Waals surface area contributed by atoms with Gasteiger partial charge in [-0.25, -0.2) is 4.68 Å². The number of ether oxygens (including phenoxy) is 2. The van der Waals surface area contributed by atoms with Crippen LogP contribution < -0.4 is 14.8 Å².